The molecule has 8 nitrogen and oxygen atoms in total. The van der Waals surface area contributed by atoms with Crippen LogP contribution in [-0.4, -0.2) is 60.7 Å². The zero-order chi connectivity index (χ0) is 17.6. The number of rotatable bonds is 4. The van der Waals surface area contributed by atoms with E-state index in [-0.39, 0.29) is 18.9 Å². The van der Waals surface area contributed by atoms with Crippen LogP contribution < -0.4 is 0 Å². The number of amides is 1. The predicted octanol–water partition coefficient (Wildman–Crippen LogP) is 0.789. The van der Waals surface area contributed by atoms with Crippen molar-refractivity contribution < 1.29 is 19.8 Å². The quantitative estimate of drug-likeness (QED) is 0.841. The van der Waals surface area contributed by atoms with Crippen molar-refractivity contribution in [2.75, 3.05) is 6.54 Å². The Morgan fingerprint density at radius 1 is 1.33 bits per heavy atom. The molecule has 2 fully saturated rings. The largest absolute Gasteiger partial charge is 0.480 e. The maximum atomic E-state index is 13.1. The molecule has 8 heteroatoms. The Hall–Kier alpha value is -1.96. The van der Waals surface area contributed by atoms with Crippen LogP contribution in [0.3, 0.4) is 0 Å². The number of hydrogen-bond acceptors (Lipinski definition) is 5. The smallest absolute Gasteiger partial charge is 0.326 e. The maximum absolute atomic E-state index is 13.1. The molecule has 1 aliphatic carbocycles. The van der Waals surface area contributed by atoms with Gasteiger partial charge in [-0.15, -0.1) is 5.10 Å². The van der Waals surface area contributed by atoms with Crippen molar-refractivity contribution in [1.82, 2.24) is 19.9 Å². The van der Waals surface area contributed by atoms with E-state index in [0.29, 0.717) is 5.92 Å². The van der Waals surface area contributed by atoms with Crippen LogP contribution in [0.5, 0.6) is 0 Å². The molecule has 1 aromatic heterocycles. The zero-order valence-corrected chi connectivity index (χ0v) is 14.2. The van der Waals surface area contributed by atoms with Crippen LogP contribution in [0.4, 0.5) is 0 Å². The normalized spacial score (nSPS) is 25.8. The summed E-state index contributed by atoms with van der Waals surface area (Å²) in [6.45, 7) is 5.77. The second-order valence-electron chi connectivity index (χ2n) is 7.90. The van der Waals surface area contributed by atoms with E-state index < -0.39 is 29.6 Å². The number of likely N-dealkylation sites (tertiary alicyclic amines) is 1. The van der Waals surface area contributed by atoms with Gasteiger partial charge in [0.05, 0.1) is 11.8 Å². The predicted molar refractivity (Wildman–Crippen MR) is 84.2 cm³/mol. The van der Waals surface area contributed by atoms with Crippen molar-refractivity contribution in [3.05, 3.63) is 11.9 Å². The summed E-state index contributed by atoms with van der Waals surface area (Å²) in [5.41, 5.74) is 0.413. The first-order chi connectivity index (χ1) is 11.2. The molecule has 3 rings (SSSR count). The summed E-state index contributed by atoms with van der Waals surface area (Å²) in [7, 11) is 0. The van der Waals surface area contributed by atoms with Gasteiger partial charge in [0.2, 0.25) is 5.91 Å². The van der Waals surface area contributed by atoms with Crippen molar-refractivity contribution in [3.8, 4) is 0 Å². The Morgan fingerprint density at radius 3 is 2.54 bits per heavy atom. The first-order valence-corrected chi connectivity index (χ1v) is 8.31. The van der Waals surface area contributed by atoms with E-state index >= 15 is 0 Å². The molecule has 1 saturated carbocycles. The van der Waals surface area contributed by atoms with Crippen LogP contribution in [0.1, 0.15) is 57.7 Å². The van der Waals surface area contributed by atoms with Crippen LogP contribution >= 0.6 is 0 Å². The minimum absolute atomic E-state index is 0.0343. The lowest BCUT2D eigenvalue weighted by atomic mass is 9.85. The number of hydrogen-bond donors (Lipinski definition) is 2. The number of carbonyl (C=O) groups excluding carboxylic acids is 1. The third-order valence-electron chi connectivity index (χ3n) is 4.69. The van der Waals surface area contributed by atoms with Gasteiger partial charge in [0.1, 0.15) is 12.1 Å². The molecular weight excluding hydrogens is 312 g/mol. The van der Waals surface area contributed by atoms with Crippen molar-refractivity contribution >= 4 is 11.9 Å². The van der Waals surface area contributed by atoms with Gasteiger partial charge in [0, 0.05) is 25.1 Å². The molecule has 1 amide bonds. The van der Waals surface area contributed by atoms with Crippen LogP contribution in [-0.2, 0) is 9.59 Å². The summed E-state index contributed by atoms with van der Waals surface area (Å²) < 4.78 is 1.56. The molecule has 3 atom stereocenters. The average molecular weight is 336 g/mol. The summed E-state index contributed by atoms with van der Waals surface area (Å²) in [6, 6.07) is -1.66. The molecule has 0 bridgehead atoms. The molecule has 2 unspecified atom stereocenters. The van der Waals surface area contributed by atoms with Crippen molar-refractivity contribution in [2.24, 2.45) is 5.41 Å². The number of nitrogens with zero attached hydrogens (tertiary/aromatic N) is 4. The lowest BCUT2D eigenvalue weighted by Gasteiger charge is -2.34. The summed E-state index contributed by atoms with van der Waals surface area (Å²) in [5, 5.41) is 27.5. The highest BCUT2D eigenvalue weighted by Crippen LogP contribution is 2.40. The first-order valence-electron chi connectivity index (χ1n) is 8.31. The Balaban J connectivity index is 1.90. The molecular formula is C16H24N4O4. The third-order valence-corrected chi connectivity index (χ3v) is 4.69. The Morgan fingerprint density at radius 2 is 2.00 bits per heavy atom. The second-order valence-corrected chi connectivity index (χ2v) is 7.90. The Labute approximate surface area is 140 Å². The fourth-order valence-electron chi connectivity index (χ4n) is 3.31. The lowest BCUT2D eigenvalue weighted by Crippen LogP contribution is -2.47. The van der Waals surface area contributed by atoms with Gasteiger partial charge in [-0.1, -0.05) is 26.0 Å². The summed E-state index contributed by atoms with van der Waals surface area (Å²) in [4.78, 5) is 25.8. The number of carboxylic acids is 1. The first kappa shape index (κ1) is 16.9. The molecule has 0 aromatic carbocycles. The molecule has 24 heavy (non-hydrogen) atoms. The van der Waals surface area contributed by atoms with E-state index in [0.717, 1.165) is 18.5 Å². The molecule has 2 aliphatic rings. The van der Waals surface area contributed by atoms with Crippen LogP contribution in [0.2, 0.25) is 0 Å². The number of aromatic nitrogens is 3. The van der Waals surface area contributed by atoms with E-state index in [4.69, 9.17) is 0 Å². The van der Waals surface area contributed by atoms with Crippen LogP contribution in [0, 0.1) is 5.41 Å². The van der Waals surface area contributed by atoms with Gasteiger partial charge < -0.3 is 15.1 Å². The molecule has 0 radical (unpaired) electrons. The van der Waals surface area contributed by atoms with Crippen molar-refractivity contribution in [2.45, 2.75) is 64.1 Å². The molecule has 1 saturated heterocycles. The Bertz CT molecular complexity index is 647. The van der Waals surface area contributed by atoms with Gasteiger partial charge >= 0.3 is 5.97 Å². The highest BCUT2D eigenvalue weighted by Gasteiger charge is 2.45. The minimum atomic E-state index is -1.09. The van der Waals surface area contributed by atoms with Gasteiger partial charge in [-0.25, -0.2) is 9.48 Å². The number of aliphatic hydroxyl groups is 1. The number of aliphatic hydroxyl groups excluding tert-OH is 1. The van der Waals surface area contributed by atoms with Crippen molar-refractivity contribution in [3.63, 3.8) is 0 Å². The standard InChI is InChI=1S/C16H24N4O4/c1-16(2,3)13(20-8-11(17-18-20)9-4-5-9)14(22)19-7-10(21)6-12(19)15(23)24/h8-10,12-13,21H,4-7H2,1-3H3,(H,23,24)/t10?,12-,13?/m1/s1. The van der Waals surface area contributed by atoms with E-state index in [1.165, 1.54) is 4.90 Å². The SMILES string of the molecule is CC(C)(C)C(C(=O)N1CC(O)C[C@@H]1C(=O)O)n1cc(C2CC2)nn1. The Kier molecular flexibility index (Phi) is 4.11. The minimum Gasteiger partial charge on any atom is -0.480 e. The van der Waals surface area contributed by atoms with Crippen LogP contribution in [0.15, 0.2) is 6.20 Å². The molecule has 2 N–H and O–H groups in total. The average Bonchev–Trinajstić information content (AvgIpc) is 3.07. The monoisotopic (exact) mass is 336 g/mol. The highest BCUT2D eigenvalue weighted by molar-refractivity contribution is 5.87. The van der Waals surface area contributed by atoms with Crippen LogP contribution in [0.25, 0.3) is 0 Å². The summed E-state index contributed by atoms with van der Waals surface area (Å²) >= 11 is 0. The number of carboxylic acid groups (broad SMARTS) is 1. The van der Waals surface area contributed by atoms with E-state index in [2.05, 4.69) is 10.3 Å². The fraction of sp³-hybridized carbons (Fsp3) is 0.750. The third kappa shape index (κ3) is 3.15. The van der Waals surface area contributed by atoms with E-state index in [9.17, 15) is 19.8 Å². The highest BCUT2D eigenvalue weighted by atomic mass is 16.4. The van der Waals surface area contributed by atoms with Gasteiger partial charge in [0.25, 0.3) is 0 Å². The molecule has 1 aliphatic heterocycles. The molecule has 1 aromatic rings. The van der Waals surface area contributed by atoms with Gasteiger partial charge in [-0.05, 0) is 18.3 Å². The van der Waals surface area contributed by atoms with Gasteiger partial charge in [-0.2, -0.15) is 0 Å². The topological polar surface area (TPSA) is 109 Å². The second kappa shape index (κ2) is 5.84. The number of carbonyl (C=O) groups is 2. The summed E-state index contributed by atoms with van der Waals surface area (Å²) in [5.74, 6) is -1.00. The van der Waals surface area contributed by atoms with Gasteiger partial charge in [-0.3, -0.25) is 4.79 Å². The lowest BCUT2D eigenvalue weighted by molar-refractivity contribution is -0.151. The number of aliphatic carboxylic acids is 1. The molecule has 0 spiro atoms. The van der Waals surface area contributed by atoms with Gasteiger partial charge in [0.15, 0.2) is 0 Å². The van der Waals surface area contributed by atoms with E-state index in [1.807, 2.05) is 20.8 Å². The fourth-order valence-corrected chi connectivity index (χ4v) is 3.31. The van der Waals surface area contributed by atoms with E-state index in [1.54, 1.807) is 10.9 Å². The molecule has 2 heterocycles. The summed E-state index contributed by atoms with van der Waals surface area (Å²) in [6.07, 6.45) is 3.22. The number of β-amino-alcohol motifs (C(OH)–C–C–N with tert-alkyl or cyclic N) is 1. The molecule has 132 valence electrons. The maximum Gasteiger partial charge on any atom is 0.326 e. The zero-order valence-electron chi connectivity index (χ0n) is 14.2. The van der Waals surface area contributed by atoms with Crippen molar-refractivity contribution in [1.29, 1.82) is 0 Å².